The van der Waals surface area contributed by atoms with Gasteiger partial charge in [0.15, 0.2) is 6.61 Å². The number of phenolic OH excluding ortho intramolecular Hbond substituents is 1. The first kappa shape index (κ1) is 37.8. The van der Waals surface area contributed by atoms with E-state index in [9.17, 15) is 19.5 Å². The molecule has 0 radical (unpaired) electrons. The molecular weight excluding hydrogens is 703 g/mol. The molecule has 0 aromatic heterocycles. The third kappa shape index (κ3) is 8.73. The van der Waals surface area contributed by atoms with Crippen LogP contribution in [0.1, 0.15) is 71.6 Å². The Labute approximate surface area is 320 Å². The summed E-state index contributed by atoms with van der Waals surface area (Å²) in [6, 6.07) is 29.6. The number of carbonyl (C=O) groups excluding carboxylic acids is 3. The maximum absolute atomic E-state index is 15.0. The van der Waals surface area contributed by atoms with E-state index < -0.39 is 24.5 Å². The zero-order chi connectivity index (χ0) is 38.5. The molecule has 55 heavy (non-hydrogen) atoms. The molecule has 1 atom stereocenters. The largest absolute Gasteiger partial charge is 0.508 e. The molecule has 11 heteroatoms. The summed E-state index contributed by atoms with van der Waals surface area (Å²) < 4.78 is 35.7. The predicted molar refractivity (Wildman–Crippen MR) is 208 cm³/mol. The van der Waals surface area contributed by atoms with Gasteiger partial charge in [-0.05, 0) is 102 Å². The molecule has 0 aliphatic carbocycles. The summed E-state index contributed by atoms with van der Waals surface area (Å²) in [5, 5.41) is 12.2. The van der Waals surface area contributed by atoms with Crippen molar-refractivity contribution in [1.82, 2.24) is 15.1 Å². The van der Waals surface area contributed by atoms with Crippen molar-refractivity contribution in [2.75, 3.05) is 44.2 Å². The standard InChI is InChI=1S/C44H46F2N4O5/c1-2-37(30-7-4-3-5-8-30)41(31-9-14-35(51)15-10-31)32-11-16-36(17-12-32)55-29-44(45,46)21-6-22-48-23-25-49(26-24-48)34-13-18-38-33(27-34)28-50(43(38)54)39-19-20-40(52)47-42(39)53/h3-5,7-18,27,39,51H,2,6,19-26,28-29H2,1H3,(H,47,52,53)/b41-37-. The Bertz CT molecular complexity index is 2040. The van der Waals surface area contributed by atoms with Crippen LogP contribution in [0.4, 0.5) is 14.5 Å². The quantitative estimate of drug-likeness (QED) is 0.111. The summed E-state index contributed by atoms with van der Waals surface area (Å²) >= 11 is 0. The minimum atomic E-state index is -2.98. The molecule has 286 valence electrons. The molecule has 3 amide bonds. The highest BCUT2D eigenvalue weighted by Gasteiger charge is 2.39. The summed E-state index contributed by atoms with van der Waals surface area (Å²) in [7, 11) is 0. The topological polar surface area (TPSA) is 102 Å². The zero-order valence-corrected chi connectivity index (χ0v) is 31.0. The Morgan fingerprint density at radius 2 is 1.56 bits per heavy atom. The molecule has 0 bridgehead atoms. The van der Waals surface area contributed by atoms with Gasteiger partial charge in [-0.15, -0.1) is 0 Å². The highest BCUT2D eigenvalue weighted by molar-refractivity contribution is 6.05. The maximum Gasteiger partial charge on any atom is 0.281 e. The lowest BCUT2D eigenvalue weighted by Crippen LogP contribution is -2.52. The second kappa shape index (κ2) is 16.4. The fourth-order valence-corrected chi connectivity index (χ4v) is 7.84. The Morgan fingerprint density at radius 1 is 0.873 bits per heavy atom. The first-order valence-corrected chi connectivity index (χ1v) is 19.0. The van der Waals surface area contributed by atoms with Crippen LogP contribution in [0.5, 0.6) is 11.5 Å². The van der Waals surface area contributed by atoms with E-state index in [1.54, 1.807) is 29.2 Å². The van der Waals surface area contributed by atoms with Crippen molar-refractivity contribution in [2.24, 2.45) is 0 Å². The summed E-state index contributed by atoms with van der Waals surface area (Å²) in [5.41, 5.74) is 7.53. The minimum absolute atomic E-state index is 0.184. The fourth-order valence-electron chi connectivity index (χ4n) is 7.84. The number of aromatic hydroxyl groups is 1. The molecule has 3 heterocycles. The van der Waals surface area contributed by atoms with Gasteiger partial charge in [-0.2, -0.15) is 0 Å². The van der Waals surface area contributed by atoms with E-state index in [2.05, 4.69) is 34.2 Å². The number of carbonyl (C=O) groups is 3. The summed E-state index contributed by atoms with van der Waals surface area (Å²) in [6.45, 7) is 5.21. The van der Waals surface area contributed by atoms with E-state index in [4.69, 9.17) is 4.74 Å². The molecule has 0 spiro atoms. The van der Waals surface area contributed by atoms with Crippen molar-refractivity contribution < 1.29 is 33.0 Å². The molecule has 2 saturated heterocycles. The molecule has 2 N–H and O–H groups in total. The Hall–Kier alpha value is -5.55. The summed E-state index contributed by atoms with van der Waals surface area (Å²) in [4.78, 5) is 43.0. The second-order valence-electron chi connectivity index (χ2n) is 14.5. The van der Waals surface area contributed by atoms with Crippen molar-refractivity contribution in [3.63, 3.8) is 0 Å². The highest BCUT2D eigenvalue weighted by atomic mass is 19.3. The third-order valence-corrected chi connectivity index (χ3v) is 10.8. The number of anilines is 1. The van der Waals surface area contributed by atoms with E-state index in [0.717, 1.165) is 71.7 Å². The molecule has 3 aliphatic heterocycles. The Balaban J connectivity index is 0.889. The lowest BCUT2D eigenvalue weighted by atomic mass is 9.88. The number of hydrogen-bond acceptors (Lipinski definition) is 7. The SMILES string of the molecule is CC/C(=C(\c1ccc(O)cc1)c1ccc(OCC(F)(F)CCCN2CCN(c3ccc4c(c3)CN(C3CCC(=O)NC3=O)C4=O)CC2)cc1)c1ccccc1. The van der Waals surface area contributed by atoms with Gasteiger partial charge in [-0.25, -0.2) is 8.78 Å². The van der Waals surface area contributed by atoms with Crippen LogP contribution in [0.2, 0.25) is 0 Å². The lowest BCUT2D eigenvalue weighted by Gasteiger charge is -2.36. The number of rotatable bonds is 13. The molecule has 4 aromatic carbocycles. The lowest BCUT2D eigenvalue weighted by molar-refractivity contribution is -0.136. The Kier molecular flexibility index (Phi) is 11.3. The predicted octanol–water partition coefficient (Wildman–Crippen LogP) is 7.14. The number of fused-ring (bicyclic) bond motifs is 1. The normalized spacial score (nSPS) is 18.2. The monoisotopic (exact) mass is 748 g/mol. The van der Waals surface area contributed by atoms with Crippen LogP contribution in [-0.4, -0.2) is 83.9 Å². The maximum atomic E-state index is 15.0. The van der Waals surface area contributed by atoms with Crippen LogP contribution < -0.4 is 15.0 Å². The number of allylic oxidation sites excluding steroid dienone is 1. The second-order valence-corrected chi connectivity index (χ2v) is 14.5. The van der Waals surface area contributed by atoms with Crippen LogP contribution in [0.25, 0.3) is 11.1 Å². The van der Waals surface area contributed by atoms with Gasteiger partial charge in [0.25, 0.3) is 11.8 Å². The van der Waals surface area contributed by atoms with Gasteiger partial charge in [0.05, 0.1) is 0 Å². The number of imide groups is 1. The number of halogens is 2. The average molecular weight is 749 g/mol. The van der Waals surface area contributed by atoms with Crippen molar-refractivity contribution >= 4 is 34.6 Å². The van der Waals surface area contributed by atoms with Gasteiger partial charge >= 0.3 is 0 Å². The zero-order valence-electron chi connectivity index (χ0n) is 31.0. The fraction of sp³-hybridized carbons (Fsp3) is 0.341. The van der Waals surface area contributed by atoms with Crippen molar-refractivity contribution in [2.45, 2.75) is 57.5 Å². The van der Waals surface area contributed by atoms with E-state index >= 15 is 8.78 Å². The minimum Gasteiger partial charge on any atom is -0.508 e. The summed E-state index contributed by atoms with van der Waals surface area (Å²) in [5.74, 6) is -3.36. The first-order chi connectivity index (χ1) is 26.6. The molecule has 9 nitrogen and oxygen atoms in total. The van der Waals surface area contributed by atoms with Gasteiger partial charge in [0.2, 0.25) is 11.8 Å². The van der Waals surface area contributed by atoms with Gasteiger partial charge in [0.1, 0.15) is 17.5 Å². The van der Waals surface area contributed by atoms with Crippen LogP contribution in [-0.2, 0) is 16.1 Å². The summed E-state index contributed by atoms with van der Waals surface area (Å²) in [6.07, 6.45) is 1.37. The van der Waals surface area contributed by atoms with Gasteiger partial charge in [-0.3, -0.25) is 24.6 Å². The van der Waals surface area contributed by atoms with E-state index in [1.165, 1.54) is 0 Å². The van der Waals surface area contributed by atoms with E-state index in [0.29, 0.717) is 37.2 Å². The number of alkyl halides is 2. The number of benzene rings is 4. The van der Waals surface area contributed by atoms with Crippen LogP contribution in [0, 0.1) is 0 Å². The molecule has 3 aliphatic rings. The number of piperazine rings is 1. The van der Waals surface area contributed by atoms with Crippen LogP contribution in [0.3, 0.4) is 0 Å². The number of amides is 3. The molecular formula is C44H46F2N4O5. The number of hydrogen-bond donors (Lipinski definition) is 2. The number of phenols is 1. The number of nitrogens with one attached hydrogen (secondary N) is 1. The Morgan fingerprint density at radius 3 is 2.24 bits per heavy atom. The molecule has 4 aromatic rings. The van der Waals surface area contributed by atoms with Crippen LogP contribution >= 0.6 is 0 Å². The number of ether oxygens (including phenoxy) is 1. The van der Waals surface area contributed by atoms with Crippen molar-refractivity contribution in [1.29, 1.82) is 0 Å². The number of nitrogens with zero attached hydrogens (tertiary/aromatic N) is 3. The van der Waals surface area contributed by atoms with Crippen molar-refractivity contribution in [3.8, 4) is 11.5 Å². The van der Waals surface area contributed by atoms with Gasteiger partial charge in [0, 0.05) is 56.8 Å². The van der Waals surface area contributed by atoms with Crippen molar-refractivity contribution in [3.05, 3.63) is 125 Å². The van der Waals surface area contributed by atoms with Gasteiger partial charge < -0.3 is 19.6 Å². The highest BCUT2D eigenvalue weighted by Crippen LogP contribution is 2.36. The smallest absolute Gasteiger partial charge is 0.281 e. The molecule has 0 saturated carbocycles. The van der Waals surface area contributed by atoms with E-state index in [1.807, 2.05) is 60.7 Å². The number of piperidine rings is 1. The molecule has 7 rings (SSSR count). The van der Waals surface area contributed by atoms with E-state index in [-0.39, 0.29) is 30.4 Å². The van der Waals surface area contributed by atoms with Crippen LogP contribution in [0.15, 0.2) is 97.1 Å². The average Bonchev–Trinajstić information content (AvgIpc) is 3.52. The molecule has 1 unspecified atom stereocenters. The molecule has 2 fully saturated rings. The van der Waals surface area contributed by atoms with Gasteiger partial charge in [-0.1, -0.05) is 61.5 Å². The first-order valence-electron chi connectivity index (χ1n) is 19.0. The third-order valence-electron chi connectivity index (χ3n) is 10.8.